The predicted molar refractivity (Wildman–Crippen MR) is 132 cm³/mol. The number of rotatable bonds is 2. The SMILES string of the molecule is Cc1cc2c3c(c(C)cc4c3c1OC=C4c1ccc(Cl)cc1)OC=C2c1ccc(Cl)cc1. The summed E-state index contributed by atoms with van der Waals surface area (Å²) in [6.07, 6.45) is 3.68. The van der Waals surface area contributed by atoms with Gasteiger partial charge < -0.3 is 9.47 Å². The molecular formula is C28H18Cl2O2. The Labute approximate surface area is 196 Å². The molecule has 0 bridgehead atoms. The summed E-state index contributed by atoms with van der Waals surface area (Å²) in [5.74, 6) is 1.75. The molecule has 2 aliphatic heterocycles. The monoisotopic (exact) mass is 456 g/mol. The second-order valence-corrected chi connectivity index (χ2v) is 9.08. The second kappa shape index (κ2) is 7.16. The molecule has 0 aliphatic carbocycles. The summed E-state index contributed by atoms with van der Waals surface area (Å²) in [5.41, 5.74) is 8.61. The molecule has 156 valence electrons. The van der Waals surface area contributed by atoms with E-state index in [1.165, 1.54) is 0 Å². The molecule has 0 amide bonds. The zero-order valence-electron chi connectivity index (χ0n) is 17.5. The van der Waals surface area contributed by atoms with Gasteiger partial charge in [-0.2, -0.15) is 0 Å². The molecule has 32 heavy (non-hydrogen) atoms. The Hall–Kier alpha value is -3.20. The fourth-order valence-corrected chi connectivity index (χ4v) is 4.89. The van der Waals surface area contributed by atoms with Crippen LogP contribution in [0.15, 0.2) is 73.2 Å². The van der Waals surface area contributed by atoms with Crippen LogP contribution in [-0.2, 0) is 0 Å². The van der Waals surface area contributed by atoms with Crippen LogP contribution in [0.5, 0.6) is 11.5 Å². The van der Waals surface area contributed by atoms with Crippen molar-refractivity contribution in [2.24, 2.45) is 0 Å². The van der Waals surface area contributed by atoms with Crippen LogP contribution >= 0.6 is 23.2 Å². The highest BCUT2D eigenvalue weighted by atomic mass is 35.5. The van der Waals surface area contributed by atoms with Crippen molar-refractivity contribution in [3.05, 3.63) is 117 Å². The minimum atomic E-state index is 0.710. The number of hydrogen-bond donors (Lipinski definition) is 0. The summed E-state index contributed by atoms with van der Waals surface area (Å²) in [5, 5.41) is 3.57. The Morgan fingerprint density at radius 1 is 0.562 bits per heavy atom. The fraction of sp³-hybridized carbons (Fsp3) is 0.0714. The van der Waals surface area contributed by atoms with Gasteiger partial charge in [0, 0.05) is 32.0 Å². The molecule has 4 aromatic carbocycles. The molecule has 0 N–H and O–H groups in total. The molecule has 2 nitrogen and oxygen atoms in total. The lowest BCUT2D eigenvalue weighted by Gasteiger charge is -2.28. The first-order chi connectivity index (χ1) is 15.5. The van der Waals surface area contributed by atoms with E-state index in [4.69, 9.17) is 32.7 Å². The van der Waals surface area contributed by atoms with Crippen LogP contribution in [0.2, 0.25) is 10.0 Å². The first-order valence-electron chi connectivity index (χ1n) is 10.4. The number of aryl methyl sites for hydroxylation is 2. The van der Waals surface area contributed by atoms with E-state index in [-0.39, 0.29) is 0 Å². The van der Waals surface area contributed by atoms with Gasteiger partial charge in [-0.25, -0.2) is 0 Å². The van der Waals surface area contributed by atoms with Gasteiger partial charge in [0.2, 0.25) is 0 Å². The maximum absolute atomic E-state index is 6.21. The Morgan fingerprint density at radius 3 is 1.31 bits per heavy atom. The minimum absolute atomic E-state index is 0.710. The zero-order valence-corrected chi connectivity index (χ0v) is 19.0. The largest absolute Gasteiger partial charge is 0.463 e. The number of benzene rings is 4. The molecule has 0 spiro atoms. The molecule has 2 aliphatic rings. The second-order valence-electron chi connectivity index (χ2n) is 8.20. The summed E-state index contributed by atoms with van der Waals surface area (Å²) in [6.45, 7) is 4.18. The van der Waals surface area contributed by atoms with E-state index >= 15 is 0 Å². The molecular weight excluding hydrogens is 439 g/mol. The summed E-state index contributed by atoms with van der Waals surface area (Å²) in [4.78, 5) is 0. The van der Waals surface area contributed by atoms with Gasteiger partial charge in [-0.1, -0.05) is 47.5 Å². The van der Waals surface area contributed by atoms with Gasteiger partial charge in [-0.15, -0.1) is 0 Å². The summed E-state index contributed by atoms with van der Waals surface area (Å²) in [7, 11) is 0. The van der Waals surface area contributed by atoms with Gasteiger partial charge in [-0.3, -0.25) is 0 Å². The topological polar surface area (TPSA) is 18.5 Å². The standard InChI is InChI=1S/C28H18Cl2O2/c1-15-11-21-23(17-3-7-19(29)8-4-17)14-32-28-16(2)12-22-24(18-5-9-20(30)10-6-18)13-31-27(15)25(22)26(21)28/h3-14H,1-2H3. The Kier molecular flexibility index (Phi) is 4.36. The van der Waals surface area contributed by atoms with Crippen molar-refractivity contribution in [1.82, 2.24) is 0 Å². The molecule has 0 aromatic heterocycles. The summed E-state index contributed by atoms with van der Waals surface area (Å²) >= 11 is 12.3. The molecule has 0 saturated carbocycles. The first-order valence-corrected chi connectivity index (χ1v) is 11.1. The lowest BCUT2D eigenvalue weighted by molar-refractivity contribution is 0.474. The van der Waals surface area contributed by atoms with E-state index in [0.717, 1.165) is 66.8 Å². The van der Waals surface area contributed by atoms with Crippen molar-refractivity contribution in [2.75, 3.05) is 0 Å². The normalized spacial score (nSPS) is 13.9. The number of ether oxygens (including phenoxy) is 2. The van der Waals surface area contributed by atoms with Crippen molar-refractivity contribution in [3.8, 4) is 11.5 Å². The van der Waals surface area contributed by atoms with E-state index in [9.17, 15) is 0 Å². The van der Waals surface area contributed by atoms with Crippen LogP contribution in [0.1, 0.15) is 33.4 Å². The zero-order chi connectivity index (χ0) is 22.0. The number of hydrogen-bond acceptors (Lipinski definition) is 2. The van der Waals surface area contributed by atoms with E-state index in [1.54, 1.807) is 0 Å². The van der Waals surface area contributed by atoms with Gasteiger partial charge in [0.1, 0.15) is 11.5 Å². The third-order valence-corrected chi connectivity index (χ3v) is 6.66. The molecule has 6 rings (SSSR count). The van der Waals surface area contributed by atoms with Crippen LogP contribution in [0.25, 0.3) is 21.9 Å². The Balaban J connectivity index is 1.65. The molecule has 0 radical (unpaired) electrons. The summed E-state index contributed by atoms with van der Waals surface area (Å²) in [6, 6.07) is 20.1. The molecule has 0 fully saturated rings. The van der Waals surface area contributed by atoms with E-state index in [2.05, 4.69) is 26.0 Å². The fourth-order valence-electron chi connectivity index (χ4n) is 4.64. The molecule has 0 saturated heterocycles. The van der Waals surface area contributed by atoms with E-state index < -0.39 is 0 Å². The maximum Gasteiger partial charge on any atom is 0.138 e. The summed E-state index contributed by atoms with van der Waals surface area (Å²) < 4.78 is 12.4. The highest BCUT2D eigenvalue weighted by Gasteiger charge is 2.28. The maximum atomic E-state index is 6.21. The molecule has 0 unspecified atom stereocenters. The van der Waals surface area contributed by atoms with E-state index in [0.29, 0.717) is 10.0 Å². The molecule has 2 heterocycles. The van der Waals surface area contributed by atoms with Crippen LogP contribution in [-0.4, -0.2) is 0 Å². The third kappa shape index (κ3) is 2.87. The van der Waals surface area contributed by atoms with Gasteiger partial charge in [0.05, 0.1) is 12.5 Å². The molecule has 4 aromatic rings. The molecule has 4 heteroatoms. The average molecular weight is 457 g/mol. The van der Waals surface area contributed by atoms with Crippen LogP contribution in [0.3, 0.4) is 0 Å². The first kappa shape index (κ1) is 19.5. The quantitative estimate of drug-likeness (QED) is 0.301. The highest BCUT2D eigenvalue weighted by Crippen LogP contribution is 2.51. The highest BCUT2D eigenvalue weighted by molar-refractivity contribution is 6.31. The van der Waals surface area contributed by atoms with Gasteiger partial charge in [-0.05, 0) is 83.6 Å². The lowest BCUT2D eigenvalue weighted by Crippen LogP contribution is -2.08. The van der Waals surface area contributed by atoms with Crippen molar-refractivity contribution >= 4 is 45.1 Å². The van der Waals surface area contributed by atoms with Crippen LogP contribution in [0.4, 0.5) is 0 Å². The van der Waals surface area contributed by atoms with Crippen molar-refractivity contribution in [1.29, 1.82) is 0 Å². The number of halogens is 2. The average Bonchev–Trinajstić information content (AvgIpc) is 2.79. The van der Waals surface area contributed by atoms with Crippen LogP contribution in [0, 0.1) is 13.8 Å². The van der Waals surface area contributed by atoms with Crippen molar-refractivity contribution in [2.45, 2.75) is 13.8 Å². The van der Waals surface area contributed by atoms with Gasteiger partial charge in [0.25, 0.3) is 0 Å². The predicted octanol–water partition coefficient (Wildman–Crippen LogP) is 8.33. The van der Waals surface area contributed by atoms with Crippen molar-refractivity contribution < 1.29 is 9.47 Å². The third-order valence-electron chi connectivity index (χ3n) is 6.16. The Morgan fingerprint density at radius 2 is 0.938 bits per heavy atom. The van der Waals surface area contributed by atoms with Gasteiger partial charge >= 0.3 is 0 Å². The van der Waals surface area contributed by atoms with E-state index in [1.807, 2.05) is 61.1 Å². The van der Waals surface area contributed by atoms with Crippen LogP contribution < -0.4 is 9.47 Å². The van der Waals surface area contributed by atoms with Crippen molar-refractivity contribution in [3.63, 3.8) is 0 Å². The smallest absolute Gasteiger partial charge is 0.138 e. The van der Waals surface area contributed by atoms with Gasteiger partial charge in [0.15, 0.2) is 0 Å². The lowest BCUT2D eigenvalue weighted by atomic mass is 9.84. The molecule has 0 atom stereocenters. The minimum Gasteiger partial charge on any atom is -0.463 e. The Bertz CT molecular complexity index is 1360.